The third-order valence-electron chi connectivity index (χ3n) is 1.71. The van der Waals surface area contributed by atoms with Gasteiger partial charge in [-0.25, -0.2) is 0 Å². The van der Waals surface area contributed by atoms with Gasteiger partial charge < -0.3 is 4.74 Å². The van der Waals surface area contributed by atoms with Gasteiger partial charge in [-0.3, -0.25) is 0 Å². The minimum Gasteiger partial charge on any atom is -0.487 e. The normalized spacial score (nSPS) is 11.4. The van der Waals surface area contributed by atoms with Crippen LogP contribution in [0.15, 0.2) is 24.3 Å². The van der Waals surface area contributed by atoms with Gasteiger partial charge >= 0.3 is 0 Å². The van der Waals surface area contributed by atoms with E-state index in [1.54, 1.807) is 0 Å². The quantitative estimate of drug-likeness (QED) is 0.737. The zero-order valence-corrected chi connectivity index (χ0v) is 9.89. The summed E-state index contributed by atoms with van der Waals surface area (Å²) < 4.78 is 5.78. The molecular weight excluding hydrogens is 228 g/mol. The van der Waals surface area contributed by atoms with Crippen LogP contribution in [0.25, 0.3) is 0 Å². The maximum atomic E-state index is 5.78. The minimum atomic E-state index is -0.145. The summed E-state index contributed by atoms with van der Waals surface area (Å²) in [5.74, 6) is 0.935. The standard InChI is InChI=1S/C11H15BrO/c1-9-5-4-6-10(7-9)13-11(2,3)8-12/h4-7H,8H2,1-3H3. The Morgan fingerprint density at radius 1 is 1.38 bits per heavy atom. The van der Waals surface area contributed by atoms with Gasteiger partial charge in [0.05, 0.1) is 0 Å². The van der Waals surface area contributed by atoms with Gasteiger partial charge in [-0.05, 0) is 38.5 Å². The third-order valence-corrected chi connectivity index (χ3v) is 3.06. The zero-order chi connectivity index (χ0) is 9.90. The Labute approximate surface area is 88.2 Å². The Kier molecular flexibility index (Phi) is 3.37. The van der Waals surface area contributed by atoms with Gasteiger partial charge in [0.25, 0.3) is 0 Å². The fourth-order valence-electron chi connectivity index (χ4n) is 1.03. The molecule has 0 unspecified atom stereocenters. The second-order valence-electron chi connectivity index (χ2n) is 3.81. The predicted octanol–water partition coefficient (Wildman–Crippen LogP) is 3.55. The molecule has 0 heterocycles. The number of rotatable bonds is 3. The fourth-order valence-corrected chi connectivity index (χ4v) is 1.14. The lowest BCUT2D eigenvalue weighted by molar-refractivity contribution is 0.137. The van der Waals surface area contributed by atoms with Gasteiger partial charge in [-0.1, -0.05) is 28.1 Å². The first-order valence-electron chi connectivity index (χ1n) is 4.35. The largest absolute Gasteiger partial charge is 0.487 e. The Bertz CT molecular complexity index is 281. The molecule has 13 heavy (non-hydrogen) atoms. The van der Waals surface area contributed by atoms with Crippen LogP contribution >= 0.6 is 15.9 Å². The van der Waals surface area contributed by atoms with Crippen molar-refractivity contribution >= 4 is 15.9 Å². The van der Waals surface area contributed by atoms with E-state index in [1.165, 1.54) is 5.56 Å². The van der Waals surface area contributed by atoms with Gasteiger partial charge in [-0.2, -0.15) is 0 Å². The van der Waals surface area contributed by atoms with E-state index < -0.39 is 0 Å². The molecule has 0 aliphatic heterocycles. The topological polar surface area (TPSA) is 9.23 Å². The SMILES string of the molecule is Cc1cccc(OC(C)(C)CBr)c1. The molecule has 0 fully saturated rings. The zero-order valence-electron chi connectivity index (χ0n) is 8.30. The Morgan fingerprint density at radius 3 is 2.62 bits per heavy atom. The van der Waals surface area contributed by atoms with Crippen molar-refractivity contribution in [2.24, 2.45) is 0 Å². The molecule has 0 aliphatic rings. The monoisotopic (exact) mass is 242 g/mol. The van der Waals surface area contributed by atoms with E-state index >= 15 is 0 Å². The van der Waals surface area contributed by atoms with Gasteiger partial charge in [0.1, 0.15) is 11.4 Å². The molecule has 0 N–H and O–H groups in total. The molecule has 72 valence electrons. The van der Waals surface area contributed by atoms with E-state index in [0.29, 0.717) is 0 Å². The number of hydrogen-bond donors (Lipinski definition) is 0. The predicted molar refractivity (Wildman–Crippen MR) is 59.7 cm³/mol. The van der Waals surface area contributed by atoms with E-state index in [0.717, 1.165) is 11.1 Å². The average molecular weight is 243 g/mol. The van der Waals surface area contributed by atoms with E-state index in [9.17, 15) is 0 Å². The lowest BCUT2D eigenvalue weighted by Gasteiger charge is -2.24. The van der Waals surface area contributed by atoms with Gasteiger partial charge in [0, 0.05) is 5.33 Å². The first kappa shape index (κ1) is 10.6. The molecule has 0 radical (unpaired) electrons. The molecule has 0 atom stereocenters. The van der Waals surface area contributed by atoms with Crippen LogP contribution in [0, 0.1) is 6.92 Å². The molecule has 1 aromatic rings. The number of ether oxygens (including phenoxy) is 1. The van der Waals surface area contributed by atoms with E-state index in [-0.39, 0.29) is 5.60 Å². The summed E-state index contributed by atoms with van der Waals surface area (Å²) in [4.78, 5) is 0. The molecule has 0 saturated heterocycles. The molecule has 0 spiro atoms. The number of aryl methyl sites for hydroxylation is 1. The second-order valence-corrected chi connectivity index (χ2v) is 4.37. The summed E-state index contributed by atoms with van der Waals surface area (Å²) in [7, 11) is 0. The number of alkyl halides is 1. The van der Waals surface area contributed by atoms with Crippen molar-refractivity contribution in [2.45, 2.75) is 26.4 Å². The first-order chi connectivity index (χ1) is 6.03. The molecule has 2 heteroatoms. The van der Waals surface area contributed by atoms with Crippen molar-refractivity contribution in [1.82, 2.24) is 0 Å². The maximum Gasteiger partial charge on any atom is 0.120 e. The number of benzene rings is 1. The van der Waals surface area contributed by atoms with Crippen molar-refractivity contribution < 1.29 is 4.74 Å². The van der Waals surface area contributed by atoms with Crippen LogP contribution in [-0.4, -0.2) is 10.9 Å². The van der Waals surface area contributed by atoms with Crippen molar-refractivity contribution in [3.8, 4) is 5.75 Å². The Balaban J connectivity index is 2.74. The van der Waals surface area contributed by atoms with Crippen molar-refractivity contribution in [3.63, 3.8) is 0 Å². The highest BCUT2D eigenvalue weighted by atomic mass is 79.9. The highest BCUT2D eigenvalue weighted by molar-refractivity contribution is 9.09. The summed E-state index contributed by atoms with van der Waals surface area (Å²) in [5.41, 5.74) is 1.08. The van der Waals surface area contributed by atoms with Crippen LogP contribution < -0.4 is 4.74 Å². The van der Waals surface area contributed by atoms with Gasteiger partial charge in [0.2, 0.25) is 0 Å². The van der Waals surface area contributed by atoms with Crippen LogP contribution in [0.3, 0.4) is 0 Å². The lowest BCUT2D eigenvalue weighted by atomic mass is 10.2. The Hall–Kier alpha value is -0.500. The van der Waals surface area contributed by atoms with E-state index in [1.807, 2.05) is 18.2 Å². The van der Waals surface area contributed by atoms with Crippen LogP contribution in [0.1, 0.15) is 19.4 Å². The number of halogens is 1. The first-order valence-corrected chi connectivity index (χ1v) is 5.47. The molecule has 0 aliphatic carbocycles. The van der Waals surface area contributed by atoms with E-state index in [4.69, 9.17) is 4.74 Å². The summed E-state index contributed by atoms with van der Waals surface area (Å²) >= 11 is 3.42. The van der Waals surface area contributed by atoms with Gasteiger partial charge in [0.15, 0.2) is 0 Å². The van der Waals surface area contributed by atoms with E-state index in [2.05, 4.69) is 42.8 Å². The van der Waals surface area contributed by atoms with Crippen LogP contribution in [0.5, 0.6) is 5.75 Å². The van der Waals surface area contributed by atoms with Crippen LogP contribution in [0.4, 0.5) is 0 Å². The second kappa shape index (κ2) is 4.14. The maximum absolute atomic E-state index is 5.78. The summed E-state index contributed by atoms with van der Waals surface area (Å²) in [6.45, 7) is 6.18. The molecule has 1 nitrogen and oxygen atoms in total. The molecule has 0 aromatic heterocycles. The van der Waals surface area contributed by atoms with Gasteiger partial charge in [-0.15, -0.1) is 0 Å². The van der Waals surface area contributed by atoms with Crippen molar-refractivity contribution in [3.05, 3.63) is 29.8 Å². The van der Waals surface area contributed by atoms with Crippen LogP contribution in [-0.2, 0) is 0 Å². The van der Waals surface area contributed by atoms with Crippen LogP contribution in [0.2, 0.25) is 0 Å². The molecule has 0 bridgehead atoms. The highest BCUT2D eigenvalue weighted by Crippen LogP contribution is 2.20. The molecular formula is C11H15BrO. The summed E-state index contributed by atoms with van der Waals surface area (Å²) in [6.07, 6.45) is 0. The lowest BCUT2D eigenvalue weighted by Crippen LogP contribution is -2.29. The average Bonchev–Trinajstić information content (AvgIpc) is 2.03. The van der Waals surface area contributed by atoms with Crippen molar-refractivity contribution in [2.75, 3.05) is 5.33 Å². The molecule has 1 rings (SSSR count). The molecule has 0 amide bonds. The minimum absolute atomic E-state index is 0.145. The van der Waals surface area contributed by atoms with Crippen molar-refractivity contribution in [1.29, 1.82) is 0 Å². The summed E-state index contributed by atoms with van der Waals surface area (Å²) in [5, 5.41) is 0.827. The fraction of sp³-hybridized carbons (Fsp3) is 0.455. The highest BCUT2D eigenvalue weighted by Gasteiger charge is 2.17. The molecule has 0 saturated carbocycles. The molecule has 1 aromatic carbocycles. The number of hydrogen-bond acceptors (Lipinski definition) is 1. The Morgan fingerprint density at radius 2 is 2.08 bits per heavy atom. The third kappa shape index (κ3) is 3.39. The smallest absolute Gasteiger partial charge is 0.120 e. The summed E-state index contributed by atoms with van der Waals surface area (Å²) in [6, 6.07) is 8.10.